The summed E-state index contributed by atoms with van der Waals surface area (Å²) in [6.07, 6.45) is 4.82. The number of nitrogen functional groups attached to an aromatic ring is 1. The lowest BCUT2D eigenvalue weighted by Gasteiger charge is -2.26. The van der Waals surface area contributed by atoms with Crippen LogP contribution in [0.2, 0.25) is 0 Å². The molecule has 0 spiro atoms. The topological polar surface area (TPSA) is 103 Å². The van der Waals surface area contributed by atoms with Crippen LogP contribution >= 0.6 is 0 Å². The molecule has 128 valence electrons. The number of hydrogen-bond donors (Lipinski definition) is 2. The second-order valence-corrected chi connectivity index (χ2v) is 6.11. The number of nitrogens with two attached hydrogens (primary N) is 2. The SMILES string of the molecule is NC(=O)c1cnn2ccc(N3CCCC3c3cc(N)ccc3F)nc12. The predicted molar refractivity (Wildman–Crippen MR) is 91.6 cm³/mol. The van der Waals surface area contributed by atoms with Crippen molar-refractivity contribution < 1.29 is 9.18 Å². The van der Waals surface area contributed by atoms with Crippen molar-refractivity contribution in [2.24, 2.45) is 5.73 Å². The van der Waals surface area contributed by atoms with E-state index in [0.29, 0.717) is 22.7 Å². The standard InChI is InChI=1S/C17H17FN6O/c18-13-4-3-10(19)8-11(13)14-2-1-6-23(14)15-5-7-24-17(22-15)12(9-21-24)16(20)25/h3-5,7-9,14H,1-2,6,19H2,(H2,20,25). The number of benzene rings is 1. The monoisotopic (exact) mass is 340 g/mol. The van der Waals surface area contributed by atoms with Crippen molar-refractivity contribution in [3.63, 3.8) is 0 Å². The van der Waals surface area contributed by atoms with Gasteiger partial charge in [0.05, 0.1) is 12.2 Å². The van der Waals surface area contributed by atoms with E-state index in [9.17, 15) is 9.18 Å². The quantitative estimate of drug-likeness (QED) is 0.709. The molecule has 1 fully saturated rings. The maximum atomic E-state index is 14.3. The first-order chi connectivity index (χ1) is 12.0. The minimum atomic E-state index is -0.584. The molecule has 4 rings (SSSR count). The third-order valence-corrected chi connectivity index (χ3v) is 4.55. The van der Waals surface area contributed by atoms with Gasteiger partial charge in [-0.15, -0.1) is 0 Å². The summed E-state index contributed by atoms with van der Waals surface area (Å²) in [7, 11) is 0. The highest BCUT2D eigenvalue weighted by Gasteiger charge is 2.29. The van der Waals surface area contributed by atoms with Crippen molar-refractivity contribution >= 4 is 23.1 Å². The molecule has 1 aromatic carbocycles. The van der Waals surface area contributed by atoms with Gasteiger partial charge < -0.3 is 16.4 Å². The summed E-state index contributed by atoms with van der Waals surface area (Å²) in [6, 6.07) is 6.25. The summed E-state index contributed by atoms with van der Waals surface area (Å²) in [5.41, 5.74) is 12.9. The number of nitrogens with zero attached hydrogens (tertiary/aromatic N) is 4. The molecule has 1 aliphatic rings. The van der Waals surface area contributed by atoms with Gasteiger partial charge in [0.15, 0.2) is 5.65 Å². The van der Waals surface area contributed by atoms with Crippen molar-refractivity contribution in [2.45, 2.75) is 18.9 Å². The lowest BCUT2D eigenvalue weighted by Crippen LogP contribution is -2.24. The Balaban J connectivity index is 1.77. The number of carbonyl (C=O) groups excluding carboxylic acids is 1. The van der Waals surface area contributed by atoms with E-state index in [-0.39, 0.29) is 17.4 Å². The van der Waals surface area contributed by atoms with Gasteiger partial charge in [0.25, 0.3) is 5.91 Å². The van der Waals surface area contributed by atoms with Gasteiger partial charge in [-0.05, 0) is 37.1 Å². The number of primary amides is 1. The Morgan fingerprint density at radius 2 is 2.16 bits per heavy atom. The third-order valence-electron chi connectivity index (χ3n) is 4.55. The van der Waals surface area contributed by atoms with Crippen LogP contribution in [0.15, 0.2) is 36.7 Å². The highest BCUT2D eigenvalue weighted by Crippen LogP contribution is 2.37. The smallest absolute Gasteiger partial charge is 0.254 e. The first-order valence-corrected chi connectivity index (χ1v) is 8.00. The first kappa shape index (κ1) is 15.4. The molecule has 1 aliphatic heterocycles. The Bertz CT molecular complexity index is 969. The lowest BCUT2D eigenvalue weighted by molar-refractivity contribution is 0.100. The van der Waals surface area contributed by atoms with Crippen LogP contribution in [0.4, 0.5) is 15.9 Å². The van der Waals surface area contributed by atoms with Gasteiger partial charge in [0.2, 0.25) is 0 Å². The fraction of sp³-hybridized carbons (Fsp3) is 0.235. The van der Waals surface area contributed by atoms with Crippen LogP contribution in [0, 0.1) is 5.82 Å². The van der Waals surface area contributed by atoms with E-state index in [0.717, 1.165) is 19.4 Å². The zero-order valence-electron chi connectivity index (χ0n) is 13.4. The number of fused-ring (bicyclic) bond motifs is 1. The summed E-state index contributed by atoms with van der Waals surface area (Å²) in [4.78, 5) is 18.1. The first-order valence-electron chi connectivity index (χ1n) is 8.00. The number of anilines is 2. The van der Waals surface area contributed by atoms with E-state index in [1.807, 2.05) is 4.90 Å². The molecule has 1 amide bonds. The summed E-state index contributed by atoms with van der Waals surface area (Å²) < 4.78 is 15.8. The largest absolute Gasteiger partial charge is 0.399 e. The van der Waals surface area contributed by atoms with E-state index in [2.05, 4.69) is 10.1 Å². The molecule has 2 aromatic heterocycles. The van der Waals surface area contributed by atoms with E-state index in [4.69, 9.17) is 11.5 Å². The van der Waals surface area contributed by atoms with Crippen LogP contribution in [0.3, 0.4) is 0 Å². The van der Waals surface area contributed by atoms with Crippen LogP contribution in [0.25, 0.3) is 5.65 Å². The number of hydrogen-bond acceptors (Lipinski definition) is 5. The Morgan fingerprint density at radius 3 is 2.96 bits per heavy atom. The highest BCUT2D eigenvalue weighted by atomic mass is 19.1. The van der Waals surface area contributed by atoms with Gasteiger partial charge in [-0.1, -0.05) is 0 Å². The molecule has 3 aromatic rings. The average molecular weight is 340 g/mol. The molecule has 3 heterocycles. The van der Waals surface area contributed by atoms with Gasteiger partial charge in [-0.25, -0.2) is 13.9 Å². The summed E-state index contributed by atoms with van der Waals surface area (Å²) in [5, 5.41) is 4.07. The van der Waals surface area contributed by atoms with Crippen molar-refractivity contribution in [2.75, 3.05) is 17.2 Å². The Morgan fingerprint density at radius 1 is 1.32 bits per heavy atom. The fourth-order valence-corrected chi connectivity index (χ4v) is 3.37. The van der Waals surface area contributed by atoms with Crippen molar-refractivity contribution in [3.8, 4) is 0 Å². The molecule has 0 saturated carbocycles. The molecule has 0 aliphatic carbocycles. The van der Waals surface area contributed by atoms with Gasteiger partial charge in [0, 0.05) is 24.0 Å². The zero-order chi connectivity index (χ0) is 17.6. The molecule has 0 bridgehead atoms. The zero-order valence-corrected chi connectivity index (χ0v) is 13.4. The maximum Gasteiger partial charge on any atom is 0.254 e. The van der Waals surface area contributed by atoms with Gasteiger partial charge >= 0.3 is 0 Å². The van der Waals surface area contributed by atoms with Gasteiger partial charge in [-0.3, -0.25) is 4.79 Å². The molecule has 25 heavy (non-hydrogen) atoms. The molecular weight excluding hydrogens is 323 g/mol. The van der Waals surface area contributed by atoms with Gasteiger partial charge in [-0.2, -0.15) is 5.10 Å². The number of aromatic nitrogens is 3. The molecule has 0 radical (unpaired) electrons. The molecule has 8 heteroatoms. The number of amides is 1. The molecular formula is C17H17FN6O. The molecule has 1 saturated heterocycles. The minimum Gasteiger partial charge on any atom is -0.399 e. The summed E-state index contributed by atoms with van der Waals surface area (Å²) in [6.45, 7) is 0.738. The van der Waals surface area contributed by atoms with Crippen molar-refractivity contribution in [1.82, 2.24) is 14.6 Å². The van der Waals surface area contributed by atoms with Crippen LogP contribution in [0.1, 0.15) is 34.8 Å². The summed E-state index contributed by atoms with van der Waals surface area (Å²) >= 11 is 0. The van der Waals surface area contributed by atoms with E-state index < -0.39 is 5.91 Å². The third kappa shape index (κ3) is 2.55. The normalized spacial score (nSPS) is 17.3. The highest BCUT2D eigenvalue weighted by molar-refractivity contribution is 5.98. The van der Waals surface area contributed by atoms with Crippen LogP contribution in [0.5, 0.6) is 0 Å². The van der Waals surface area contributed by atoms with Crippen LogP contribution in [-0.2, 0) is 0 Å². The number of rotatable bonds is 3. The van der Waals surface area contributed by atoms with E-state index >= 15 is 0 Å². The average Bonchev–Trinajstić information content (AvgIpc) is 3.22. The Kier molecular flexibility index (Phi) is 3.52. The molecule has 1 unspecified atom stereocenters. The van der Waals surface area contributed by atoms with Crippen LogP contribution < -0.4 is 16.4 Å². The molecule has 4 N–H and O–H groups in total. The minimum absolute atomic E-state index is 0.154. The number of halogens is 1. The van der Waals surface area contributed by atoms with E-state index in [1.54, 1.807) is 24.4 Å². The Labute approximate surface area is 143 Å². The lowest BCUT2D eigenvalue weighted by atomic mass is 10.0. The summed E-state index contributed by atoms with van der Waals surface area (Å²) in [5.74, 6) is -0.214. The van der Waals surface area contributed by atoms with E-state index in [1.165, 1.54) is 16.8 Å². The van der Waals surface area contributed by atoms with Crippen LogP contribution in [-0.4, -0.2) is 27.0 Å². The van der Waals surface area contributed by atoms with Gasteiger partial charge in [0.1, 0.15) is 17.2 Å². The second-order valence-electron chi connectivity index (χ2n) is 6.11. The van der Waals surface area contributed by atoms with Crippen molar-refractivity contribution in [1.29, 1.82) is 0 Å². The van der Waals surface area contributed by atoms with Crippen molar-refractivity contribution in [3.05, 3.63) is 53.6 Å². The fourth-order valence-electron chi connectivity index (χ4n) is 3.37. The second kappa shape index (κ2) is 5.73. The Hall–Kier alpha value is -3.16. The molecule has 7 nitrogen and oxygen atoms in total. The maximum absolute atomic E-state index is 14.3. The predicted octanol–water partition coefficient (Wildman–Crippen LogP) is 1.89. The molecule has 1 atom stereocenters. The number of carbonyl (C=O) groups is 1.